The summed E-state index contributed by atoms with van der Waals surface area (Å²) in [7, 11) is 0. The minimum Gasteiger partial charge on any atom is -0.268 e. The summed E-state index contributed by atoms with van der Waals surface area (Å²) >= 11 is 8.31. The van der Waals surface area contributed by atoms with E-state index in [2.05, 4.69) is 33.8 Å². The van der Waals surface area contributed by atoms with Crippen LogP contribution in [0.2, 0.25) is 5.02 Å². The molecule has 3 rings (SSSR count). The Bertz CT molecular complexity index is 765. The fourth-order valence-electron chi connectivity index (χ4n) is 2.11. The molecule has 0 N–H and O–H groups in total. The van der Waals surface area contributed by atoms with Crippen molar-refractivity contribution in [3.63, 3.8) is 0 Å². The van der Waals surface area contributed by atoms with Crippen molar-refractivity contribution in [1.82, 2.24) is 9.78 Å². The van der Waals surface area contributed by atoms with E-state index in [4.69, 9.17) is 11.6 Å². The molecule has 21 heavy (non-hydrogen) atoms. The topological polar surface area (TPSA) is 17.8 Å². The molecule has 3 aromatic rings. The largest absolute Gasteiger partial charge is 0.268 e. The molecule has 0 atom stereocenters. The highest BCUT2D eigenvalue weighted by atomic mass is 127. The van der Waals surface area contributed by atoms with Gasteiger partial charge in [0.2, 0.25) is 0 Å². The van der Waals surface area contributed by atoms with Gasteiger partial charge in [-0.25, -0.2) is 4.39 Å². The number of hydrogen-bond acceptors (Lipinski definition) is 1. The molecule has 0 aliphatic carbocycles. The van der Waals surface area contributed by atoms with Crippen LogP contribution in [-0.2, 0) is 6.54 Å². The van der Waals surface area contributed by atoms with E-state index in [9.17, 15) is 4.39 Å². The number of rotatable bonds is 3. The van der Waals surface area contributed by atoms with Crippen LogP contribution in [0, 0.1) is 9.39 Å². The van der Waals surface area contributed by atoms with Crippen molar-refractivity contribution in [2.24, 2.45) is 0 Å². The molecule has 0 aliphatic heterocycles. The fourth-order valence-corrected chi connectivity index (χ4v) is 2.88. The Morgan fingerprint density at radius 2 is 1.95 bits per heavy atom. The maximum Gasteiger partial charge on any atom is 0.129 e. The molecule has 0 amide bonds. The Hall–Kier alpha value is -1.40. The molecule has 2 aromatic carbocycles. The number of halogens is 3. The maximum absolute atomic E-state index is 13.8. The summed E-state index contributed by atoms with van der Waals surface area (Å²) in [6.45, 7) is 0.315. The van der Waals surface area contributed by atoms with Crippen LogP contribution in [0.25, 0.3) is 11.1 Å². The van der Waals surface area contributed by atoms with Crippen molar-refractivity contribution in [2.45, 2.75) is 6.54 Å². The van der Waals surface area contributed by atoms with Crippen LogP contribution >= 0.6 is 34.2 Å². The zero-order valence-corrected chi connectivity index (χ0v) is 13.8. The van der Waals surface area contributed by atoms with Crippen LogP contribution in [0.1, 0.15) is 5.56 Å². The molecule has 106 valence electrons. The predicted octanol–water partition coefficient (Wildman–Crippen LogP) is 5.00. The molecular formula is C16H11ClFIN2. The van der Waals surface area contributed by atoms with Gasteiger partial charge in [0.1, 0.15) is 5.82 Å². The molecular weight excluding hydrogens is 402 g/mol. The third kappa shape index (κ3) is 3.27. The smallest absolute Gasteiger partial charge is 0.129 e. The lowest BCUT2D eigenvalue weighted by Gasteiger charge is -2.05. The Morgan fingerprint density at radius 3 is 2.71 bits per heavy atom. The van der Waals surface area contributed by atoms with Crippen molar-refractivity contribution >= 4 is 34.2 Å². The molecule has 0 spiro atoms. The first kappa shape index (κ1) is 14.5. The summed E-state index contributed by atoms with van der Waals surface area (Å²) in [5.41, 5.74) is 2.55. The lowest BCUT2D eigenvalue weighted by atomic mass is 10.1. The zero-order valence-electron chi connectivity index (χ0n) is 10.9. The number of aromatic nitrogens is 2. The Labute approximate surface area is 140 Å². The van der Waals surface area contributed by atoms with Gasteiger partial charge >= 0.3 is 0 Å². The molecule has 0 aliphatic rings. The van der Waals surface area contributed by atoms with Crippen molar-refractivity contribution in [1.29, 1.82) is 0 Å². The first-order valence-electron chi connectivity index (χ1n) is 6.35. The average molecular weight is 413 g/mol. The molecule has 0 bridgehead atoms. The first-order valence-corrected chi connectivity index (χ1v) is 7.80. The lowest BCUT2D eigenvalue weighted by Crippen LogP contribution is -2.02. The highest BCUT2D eigenvalue weighted by Crippen LogP contribution is 2.23. The van der Waals surface area contributed by atoms with Crippen LogP contribution in [0.3, 0.4) is 0 Å². The molecule has 1 heterocycles. The fraction of sp³-hybridized carbons (Fsp3) is 0.0625. The third-order valence-corrected chi connectivity index (χ3v) is 4.20. The number of nitrogens with zero attached hydrogens (tertiary/aromatic N) is 2. The second kappa shape index (κ2) is 6.15. The summed E-state index contributed by atoms with van der Waals surface area (Å²) < 4.78 is 16.6. The van der Waals surface area contributed by atoms with Crippen molar-refractivity contribution in [2.75, 3.05) is 0 Å². The molecule has 5 heteroatoms. The van der Waals surface area contributed by atoms with Crippen LogP contribution in [0.4, 0.5) is 4.39 Å². The third-order valence-electron chi connectivity index (χ3n) is 3.17. The lowest BCUT2D eigenvalue weighted by molar-refractivity contribution is 0.585. The summed E-state index contributed by atoms with van der Waals surface area (Å²) in [6, 6.07) is 12.8. The van der Waals surface area contributed by atoms with Gasteiger partial charge in [-0.1, -0.05) is 29.8 Å². The SMILES string of the molecule is Fc1cccc(Cl)c1Cn1cc(-c2cccc(I)c2)cn1. The second-order valence-corrected chi connectivity index (χ2v) is 6.29. The van der Waals surface area contributed by atoms with Crippen molar-refractivity contribution in [3.8, 4) is 11.1 Å². The Morgan fingerprint density at radius 1 is 1.14 bits per heavy atom. The summed E-state index contributed by atoms with van der Waals surface area (Å²) in [4.78, 5) is 0. The van der Waals surface area contributed by atoms with Gasteiger partial charge in [0.05, 0.1) is 12.7 Å². The quantitative estimate of drug-likeness (QED) is 0.554. The monoisotopic (exact) mass is 412 g/mol. The van der Waals surface area contributed by atoms with Gasteiger partial charge < -0.3 is 0 Å². The highest BCUT2D eigenvalue weighted by molar-refractivity contribution is 14.1. The summed E-state index contributed by atoms with van der Waals surface area (Å²) in [5.74, 6) is -0.311. The molecule has 2 nitrogen and oxygen atoms in total. The molecule has 0 fully saturated rings. The Balaban J connectivity index is 1.89. The molecule has 1 aromatic heterocycles. The maximum atomic E-state index is 13.8. The van der Waals surface area contributed by atoms with Crippen molar-refractivity contribution < 1.29 is 4.39 Å². The highest BCUT2D eigenvalue weighted by Gasteiger charge is 2.09. The van der Waals surface area contributed by atoms with Gasteiger partial charge in [-0.3, -0.25) is 4.68 Å². The van der Waals surface area contributed by atoms with E-state index in [0.717, 1.165) is 14.7 Å². The van der Waals surface area contributed by atoms with Crippen LogP contribution in [0.15, 0.2) is 54.9 Å². The van der Waals surface area contributed by atoms with Gasteiger partial charge in [-0.15, -0.1) is 0 Å². The van der Waals surface area contributed by atoms with Gasteiger partial charge in [-0.2, -0.15) is 5.10 Å². The number of hydrogen-bond donors (Lipinski definition) is 0. The minimum absolute atomic E-state index is 0.311. The van der Waals surface area contributed by atoms with E-state index < -0.39 is 0 Å². The van der Waals surface area contributed by atoms with E-state index in [1.807, 2.05) is 24.4 Å². The summed E-state index contributed by atoms with van der Waals surface area (Å²) in [5, 5.41) is 4.71. The predicted molar refractivity (Wildman–Crippen MR) is 90.9 cm³/mol. The van der Waals surface area contributed by atoms with Gasteiger partial charge in [0.15, 0.2) is 0 Å². The molecule has 0 unspecified atom stereocenters. The van der Waals surface area contributed by atoms with E-state index in [1.54, 1.807) is 23.0 Å². The van der Waals surface area contributed by atoms with Crippen LogP contribution < -0.4 is 0 Å². The standard InChI is InChI=1S/C16H11ClFIN2/c17-15-5-2-6-16(18)14(15)10-21-9-12(8-20-21)11-3-1-4-13(19)7-11/h1-9H,10H2. The first-order chi connectivity index (χ1) is 10.1. The second-order valence-electron chi connectivity index (χ2n) is 4.64. The van der Waals surface area contributed by atoms with Gasteiger partial charge in [0.25, 0.3) is 0 Å². The molecule has 0 saturated heterocycles. The van der Waals surface area contributed by atoms with Gasteiger partial charge in [0, 0.05) is 25.9 Å². The van der Waals surface area contributed by atoms with E-state index in [1.165, 1.54) is 6.07 Å². The van der Waals surface area contributed by atoms with E-state index in [0.29, 0.717) is 17.1 Å². The van der Waals surface area contributed by atoms with Crippen LogP contribution in [0.5, 0.6) is 0 Å². The van der Waals surface area contributed by atoms with Crippen LogP contribution in [-0.4, -0.2) is 9.78 Å². The number of benzene rings is 2. The zero-order chi connectivity index (χ0) is 14.8. The molecule has 0 radical (unpaired) electrons. The Kier molecular flexibility index (Phi) is 4.26. The van der Waals surface area contributed by atoms with Crippen molar-refractivity contribution in [3.05, 3.63) is 74.8 Å². The summed E-state index contributed by atoms with van der Waals surface area (Å²) in [6.07, 6.45) is 3.67. The van der Waals surface area contributed by atoms with Gasteiger partial charge in [-0.05, 0) is 52.4 Å². The van der Waals surface area contributed by atoms with E-state index in [-0.39, 0.29) is 5.82 Å². The minimum atomic E-state index is -0.311. The van der Waals surface area contributed by atoms with E-state index >= 15 is 0 Å². The normalized spacial score (nSPS) is 10.8. The molecule has 0 saturated carbocycles. The average Bonchev–Trinajstić information content (AvgIpc) is 2.92.